The molecule has 1 amide bonds. The van der Waals surface area contributed by atoms with Crippen molar-refractivity contribution in [3.05, 3.63) is 71.8 Å². The molecule has 2 aliphatic rings. The first-order chi connectivity index (χ1) is 15.8. The molecule has 176 valence electrons. The van der Waals surface area contributed by atoms with Gasteiger partial charge in [-0.15, -0.1) is 0 Å². The lowest BCUT2D eigenvalue weighted by molar-refractivity contribution is -0.165. The van der Waals surface area contributed by atoms with Crippen LogP contribution in [0.2, 0.25) is 0 Å². The van der Waals surface area contributed by atoms with E-state index in [0.29, 0.717) is 19.4 Å². The maximum Gasteiger partial charge on any atom is 0.329 e. The fourth-order valence-corrected chi connectivity index (χ4v) is 5.27. The van der Waals surface area contributed by atoms with Crippen LogP contribution in [0.4, 0.5) is 0 Å². The molecule has 0 radical (unpaired) electrons. The molecule has 5 heteroatoms. The van der Waals surface area contributed by atoms with Crippen LogP contribution in [-0.2, 0) is 27.3 Å². The van der Waals surface area contributed by atoms with Crippen LogP contribution in [-0.4, -0.2) is 40.0 Å². The maximum atomic E-state index is 14.3. The smallest absolute Gasteiger partial charge is 0.329 e. The topological polar surface area (TPSA) is 58.6 Å². The molecule has 0 spiro atoms. The van der Waals surface area contributed by atoms with Crippen LogP contribution in [0.25, 0.3) is 0 Å². The predicted octanol–water partition coefficient (Wildman–Crippen LogP) is 4.64. The van der Waals surface area contributed by atoms with E-state index in [0.717, 1.165) is 36.8 Å². The number of nitrogens with one attached hydrogen (secondary N) is 1. The van der Waals surface area contributed by atoms with Gasteiger partial charge >= 0.3 is 5.97 Å². The van der Waals surface area contributed by atoms with Gasteiger partial charge in [-0.1, -0.05) is 60.7 Å². The summed E-state index contributed by atoms with van der Waals surface area (Å²) in [5, 5.41) is 3.67. The molecule has 0 aliphatic carbocycles. The normalized spacial score (nSPS) is 25.4. The Balaban J connectivity index is 1.65. The van der Waals surface area contributed by atoms with Crippen molar-refractivity contribution < 1.29 is 14.3 Å². The van der Waals surface area contributed by atoms with Crippen molar-refractivity contribution in [1.82, 2.24) is 10.2 Å². The summed E-state index contributed by atoms with van der Waals surface area (Å²) in [6, 6.07) is 20.0. The van der Waals surface area contributed by atoms with E-state index < -0.39 is 17.2 Å². The number of hydrogen-bond acceptors (Lipinski definition) is 4. The summed E-state index contributed by atoms with van der Waals surface area (Å²) in [5.74, 6) is -0.241. The largest absolute Gasteiger partial charge is 0.458 e. The lowest BCUT2D eigenvalue weighted by Gasteiger charge is -2.39. The first-order valence-electron chi connectivity index (χ1n) is 12.2. The molecule has 2 aromatic rings. The minimum absolute atomic E-state index is 0.0399. The highest BCUT2D eigenvalue weighted by atomic mass is 16.6. The Bertz CT molecular complexity index is 954. The minimum Gasteiger partial charge on any atom is -0.458 e. The van der Waals surface area contributed by atoms with Crippen molar-refractivity contribution in [2.45, 2.75) is 89.1 Å². The van der Waals surface area contributed by atoms with Gasteiger partial charge in [0.2, 0.25) is 5.91 Å². The van der Waals surface area contributed by atoms with Gasteiger partial charge in [-0.2, -0.15) is 0 Å². The van der Waals surface area contributed by atoms with Gasteiger partial charge in [-0.3, -0.25) is 10.1 Å². The first-order valence-corrected chi connectivity index (χ1v) is 12.2. The number of amides is 1. The summed E-state index contributed by atoms with van der Waals surface area (Å²) in [5.41, 5.74) is 0.939. The second-order valence-corrected chi connectivity index (χ2v) is 10.5. The molecule has 1 N–H and O–H groups in total. The van der Waals surface area contributed by atoms with Crippen molar-refractivity contribution in [2.24, 2.45) is 0 Å². The van der Waals surface area contributed by atoms with Crippen molar-refractivity contribution >= 4 is 11.9 Å². The zero-order valence-electron chi connectivity index (χ0n) is 20.0. The number of esters is 1. The van der Waals surface area contributed by atoms with Gasteiger partial charge in [-0.05, 0) is 70.4 Å². The number of ether oxygens (including phenoxy) is 1. The zero-order valence-corrected chi connectivity index (χ0v) is 20.0. The van der Waals surface area contributed by atoms with E-state index in [1.807, 2.05) is 62.1 Å². The van der Waals surface area contributed by atoms with Crippen molar-refractivity contribution in [3.8, 4) is 0 Å². The molecule has 33 heavy (non-hydrogen) atoms. The van der Waals surface area contributed by atoms with Crippen LogP contribution in [0, 0.1) is 0 Å². The molecule has 0 saturated carbocycles. The molecule has 0 unspecified atom stereocenters. The van der Waals surface area contributed by atoms with E-state index in [4.69, 9.17) is 4.74 Å². The minimum atomic E-state index is -0.753. The van der Waals surface area contributed by atoms with Crippen molar-refractivity contribution in [3.63, 3.8) is 0 Å². The molecule has 2 aromatic carbocycles. The van der Waals surface area contributed by atoms with Crippen LogP contribution >= 0.6 is 0 Å². The SMILES string of the molecule is CC(C)(C)OC(=O)[C@@H]1CC[C@H]2CCC[C@@](Cc3ccccc3)(NCc3ccccc3)C(=O)N21. The van der Waals surface area contributed by atoms with Gasteiger partial charge in [0.1, 0.15) is 17.2 Å². The van der Waals surface area contributed by atoms with Crippen LogP contribution in [0.5, 0.6) is 0 Å². The molecule has 2 aliphatic heterocycles. The van der Waals surface area contributed by atoms with Gasteiger partial charge in [0.05, 0.1) is 0 Å². The summed E-state index contributed by atoms with van der Waals surface area (Å²) in [6.07, 6.45) is 4.75. The lowest BCUT2D eigenvalue weighted by atomic mass is 9.84. The quantitative estimate of drug-likeness (QED) is 0.654. The summed E-state index contributed by atoms with van der Waals surface area (Å²) in [6.45, 7) is 6.24. The third-order valence-corrected chi connectivity index (χ3v) is 6.79. The molecule has 2 heterocycles. The van der Waals surface area contributed by atoms with E-state index in [9.17, 15) is 9.59 Å². The summed E-state index contributed by atoms with van der Waals surface area (Å²) < 4.78 is 5.72. The van der Waals surface area contributed by atoms with Gasteiger partial charge in [0.25, 0.3) is 0 Å². The molecule has 0 aromatic heterocycles. The Morgan fingerprint density at radius 3 is 2.27 bits per heavy atom. The highest BCUT2D eigenvalue weighted by Gasteiger charge is 2.51. The van der Waals surface area contributed by atoms with Crippen LogP contribution in [0.3, 0.4) is 0 Å². The second-order valence-electron chi connectivity index (χ2n) is 10.5. The highest BCUT2D eigenvalue weighted by molar-refractivity contribution is 5.92. The van der Waals surface area contributed by atoms with Gasteiger partial charge in [0, 0.05) is 12.6 Å². The van der Waals surface area contributed by atoms with Crippen molar-refractivity contribution in [2.75, 3.05) is 0 Å². The van der Waals surface area contributed by atoms with Gasteiger partial charge < -0.3 is 9.64 Å². The molecule has 3 atom stereocenters. The fraction of sp³-hybridized carbons (Fsp3) is 0.500. The number of benzene rings is 2. The average Bonchev–Trinajstić information content (AvgIpc) is 3.16. The Kier molecular flexibility index (Phi) is 6.89. The number of hydrogen-bond donors (Lipinski definition) is 1. The maximum absolute atomic E-state index is 14.3. The Hall–Kier alpha value is -2.66. The first kappa shape index (κ1) is 23.5. The highest BCUT2D eigenvalue weighted by Crippen LogP contribution is 2.37. The summed E-state index contributed by atoms with van der Waals surface area (Å²) in [4.78, 5) is 29.3. The van der Waals surface area contributed by atoms with Crippen LogP contribution in [0.1, 0.15) is 64.0 Å². The van der Waals surface area contributed by atoms with E-state index in [1.54, 1.807) is 0 Å². The third-order valence-electron chi connectivity index (χ3n) is 6.79. The summed E-state index contributed by atoms with van der Waals surface area (Å²) in [7, 11) is 0. The lowest BCUT2D eigenvalue weighted by Crippen LogP contribution is -2.61. The molecular weight excluding hydrogens is 412 g/mol. The molecule has 5 nitrogen and oxygen atoms in total. The molecule has 2 fully saturated rings. The third kappa shape index (κ3) is 5.47. The molecular formula is C28H36N2O3. The van der Waals surface area contributed by atoms with E-state index in [1.165, 1.54) is 0 Å². The Morgan fingerprint density at radius 2 is 1.64 bits per heavy atom. The summed E-state index contributed by atoms with van der Waals surface area (Å²) >= 11 is 0. The fourth-order valence-electron chi connectivity index (χ4n) is 5.27. The number of rotatable bonds is 6. The molecule has 4 rings (SSSR count). The van der Waals surface area contributed by atoms with Crippen molar-refractivity contribution in [1.29, 1.82) is 0 Å². The standard InChI is InChI=1S/C28H36N2O3/c1-27(2,3)33-25(31)24-17-16-23-15-10-18-28(26(32)30(23)24,19-21-11-6-4-7-12-21)29-20-22-13-8-5-9-14-22/h4-9,11-14,23-24,29H,10,15-20H2,1-3H3/t23-,24+,28+/m1/s1. The number of fused-ring (bicyclic) bond motifs is 1. The Labute approximate surface area is 197 Å². The molecule has 2 saturated heterocycles. The van der Waals surface area contributed by atoms with Crippen LogP contribution < -0.4 is 5.32 Å². The second kappa shape index (κ2) is 9.68. The number of carbonyl (C=O) groups is 2. The Morgan fingerprint density at radius 1 is 1.00 bits per heavy atom. The average molecular weight is 449 g/mol. The zero-order chi connectivity index (χ0) is 23.5. The van der Waals surface area contributed by atoms with E-state index in [-0.39, 0.29) is 17.9 Å². The van der Waals surface area contributed by atoms with E-state index >= 15 is 0 Å². The molecule has 0 bridgehead atoms. The van der Waals surface area contributed by atoms with Gasteiger partial charge in [0.15, 0.2) is 0 Å². The van der Waals surface area contributed by atoms with Crippen LogP contribution in [0.15, 0.2) is 60.7 Å². The number of carbonyl (C=O) groups excluding carboxylic acids is 2. The van der Waals surface area contributed by atoms with E-state index in [2.05, 4.69) is 29.6 Å². The predicted molar refractivity (Wildman–Crippen MR) is 130 cm³/mol. The number of nitrogens with zero attached hydrogens (tertiary/aromatic N) is 1. The van der Waals surface area contributed by atoms with Gasteiger partial charge in [-0.25, -0.2) is 4.79 Å². The monoisotopic (exact) mass is 448 g/mol.